The highest BCUT2D eigenvalue weighted by molar-refractivity contribution is 6.05. The molecule has 1 aromatic carbocycles. The van der Waals surface area contributed by atoms with E-state index in [0.29, 0.717) is 23.6 Å². The average molecular weight is 353 g/mol. The highest BCUT2D eigenvalue weighted by Gasteiger charge is 2.30. The molecule has 1 aliphatic carbocycles. The average Bonchev–Trinajstić information content (AvgIpc) is 3.46. The van der Waals surface area contributed by atoms with E-state index in [1.807, 2.05) is 0 Å². The third-order valence-corrected chi connectivity index (χ3v) is 4.18. The lowest BCUT2D eigenvalue weighted by Gasteiger charge is -2.14. The first-order valence-electron chi connectivity index (χ1n) is 8.38. The van der Waals surface area contributed by atoms with Gasteiger partial charge in [-0.15, -0.1) is 0 Å². The third-order valence-electron chi connectivity index (χ3n) is 4.18. The minimum atomic E-state index is -1.04. The van der Waals surface area contributed by atoms with Crippen LogP contribution in [-0.4, -0.2) is 33.9 Å². The molecular formula is C19H19N3O4. The van der Waals surface area contributed by atoms with Crippen LogP contribution in [0.1, 0.15) is 40.0 Å². The van der Waals surface area contributed by atoms with Crippen molar-refractivity contribution in [3.05, 3.63) is 59.9 Å². The van der Waals surface area contributed by atoms with Crippen molar-refractivity contribution >= 4 is 23.5 Å². The van der Waals surface area contributed by atoms with E-state index in [0.717, 1.165) is 12.8 Å². The number of aliphatic carboxylic acids is 1. The minimum absolute atomic E-state index is 0.288. The first kappa shape index (κ1) is 17.6. The van der Waals surface area contributed by atoms with Crippen molar-refractivity contribution in [3.63, 3.8) is 0 Å². The Bertz CT molecular complexity index is 819. The van der Waals surface area contributed by atoms with E-state index in [1.165, 1.54) is 12.3 Å². The van der Waals surface area contributed by atoms with Crippen LogP contribution in [-0.2, 0) is 4.79 Å². The molecule has 1 atom stereocenters. The monoisotopic (exact) mass is 353 g/mol. The van der Waals surface area contributed by atoms with Gasteiger partial charge in [0.05, 0.1) is 5.56 Å². The number of aromatic nitrogens is 1. The first-order valence-corrected chi connectivity index (χ1v) is 8.38. The summed E-state index contributed by atoms with van der Waals surface area (Å²) >= 11 is 0. The first-order chi connectivity index (χ1) is 12.5. The van der Waals surface area contributed by atoms with E-state index in [-0.39, 0.29) is 11.5 Å². The molecule has 1 saturated carbocycles. The number of carbonyl (C=O) groups excluding carboxylic acids is 2. The quantitative estimate of drug-likeness (QED) is 0.708. The summed E-state index contributed by atoms with van der Waals surface area (Å²) in [5.74, 6) is -1.48. The molecule has 0 aliphatic heterocycles. The zero-order valence-corrected chi connectivity index (χ0v) is 14.0. The SMILES string of the molecule is O=C(Nc1cccc(C(=O)NC(CC2CC2)C(=O)O)c1)c1cccnc1. The maximum atomic E-state index is 12.4. The van der Waals surface area contributed by atoms with Gasteiger partial charge < -0.3 is 15.7 Å². The summed E-state index contributed by atoms with van der Waals surface area (Å²) in [6.45, 7) is 0. The molecule has 2 amide bonds. The predicted octanol–water partition coefficient (Wildman–Crippen LogP) is 2.32. The summed E-state index contributed by atoms with van der Waals surface area (Å²) in [6, 6.07) is 8.77. The number of pyridine rings is 1. The summed E-state index contributed by atoms with van der Waals surface area (Å²) in [4.78, 5) is 39.7. The molecule has 2 aromatic rings. The molecule has 1 aliphatic rings. The van der Waals surface area contributed by atoms with Gasteiger partial charge in [-0.05, 0) is 42.7 Å². The Kier molecular flexibility index (Phi) is 5.26. The summed E-state index contributed by atoms with van der Waals surface area (Å²) < 4.78 is 0. The van der Waals surface area contributed by atoms with E-state index in [2.05, 4.69) is 15.6 Å². The molecule has 7 nitrogen and oxygen atoms in total. The molecular weight excluding hydrogens is 334 g/mol. The second-order valence-corrected chi connectivity index (χ2v) is 6.32. The summed E-state index contributed by atoms with van der Waals surface area (Å²) in [7, 11) is 0. The smallest absolute Gasteiger partial charge is 0.326 e. The molecule has 3 rings (SSSR count). The Labute approximate surface area is 150 Å². The summed E-state index contributed by atoms with van der Waals surface area (Å²) in [5, 5.41) is 14.5. The zero-order chi connectivity index (χ0) is 18.5. The second-order valence-electron chi connectivity index (χ2n) is 6.32. The van der Waals surface area contributed by atoms with Crippen LogP contribution in [0, 0.1) is 5.92 Å². The lowest BCUT2D eigenvalue weighted by molar-refractivity contribution is -0.139. The van der Waals surface area contributed by atoms with Crippen LogP contribution in [0.5, 0.6) is 0 Å². The number of nitrogens with one attached hydrogen (secondary N) is 2. The van der Waals surface area contributed by atoms with E-state index in [9.17, 15) is 19.5 Å². The maximum Gasteiger partial charge on any atom is 0.326 e. The minimum Gasteiger partial charge on any atom is -0.480 e. The fourth-order valence-corrected chi connectivity index (χ4v) is 2.59. The molecule has 1 fully saturated rings. The Morgan fingerprint density at radius 2 is 1.88 bits per heavy atom. The Morgan fingerprint density at radius 1 is 1.12 bits per heavy atom. The maximum absolute atomic E-state index is 12.4. The van der Waals surface area contributed by atoms with Crippen molar-refractivity contribution in [1.82, 2.24) is 10.3 Å². The highest BCUT2D eigenvalue weighted by Crippen LogP contribution is 2.33. The van der Waals surface area contributed by atoms with E-state index in [4.69, 9.17) is 0 Å². The fourth-order valence-electron chi connectivity index (χ4n) is 2.59. The van der Waals surface area contributed by atoms with Crippen molar-refractivity contribution in [1.29, 1.82) is 0 Å². The Balaban J connectivity index is 1.66. The molecule has 1 unspecified atom stereocenters. The zero-order valence-electron chi connectivity index (χ0n) is 14.0. The van der Waals surface area contributed by atoms with Gasteiger partial charge in [-0.1, -0.05) is 18.9 Å². The van der Waals surface area contributed by atoms with Gasteiger partial charge in [0.2, 0.25) is 0 Å². The number of amides is 2. The third kappa shape index (κ3) is 4.66. The van der Waals surface area contributed by atoms with Crippen LogP contribution >= 0.6 is 0 Å². The molecule has 0 spiro atoms. The summed E-state index contributed by atoms with van der Waals surface area (Å²) in [5.41, 5.74) is 1.13. The number of anilines is 1. The fraction of sp³-hybridized carbons (Fsp3) is 0.263. The number of nitrogens with zero attached hydrogens (tertiary/aromatic N) is 1. The predicted molar refractivity (Wildman–Crippen MR) is 94.9 cm³/mol. The molecule has 0 bridgehead atoms. The number of hydrogen-bond donors (Lipinski definition) is 3. The van der Waals surface area contributed by atoms with Gasteiger partial charge >= 0.3 is 5.97 Å². The van der Waals surface area contributed by atoms with Gasteiger partial charge in [-0.2, -0.15) is 0 Å². The number of carboxylic acids is 1. The van der Waals surface area contributed by atoms with Crippen molar-refractivity contribution in [2.75, 3.05) is 5.32 Å². The van der Waals surface area contributed by atoms with Gasteiger partial charge in [0.15, 0.2) is 0 Å². The van der Waals surface area contributed by atoms with E-state index < -0.39 is 17.9 Å². The highest BCUT2D eigenvalue weighted by atomic mass is 16.4. The molecule has 1 aromatic heterocycles. The van der Waals surface area contributed by atoms with Gasteiger partial charge in [0.25, 0.3) is 11.8 Å². The largest absolute Gasteiger partial charge is 0.480 e. The number of carboxylic acid groups (broad SMARTS) is 1. The van der Waals surface area contributed by atoms with Crippen molar-refractivity contribution < 1.29 is 19.5 Å². The number of carbonyl (C=O) groups is 3. The van der Waals surface area contributed by atoms with Gasteiger partial charge in [0.1, 0.15) is 6.04 Å². The number of benzene rings is 1. The van der Waals surface area contributed by atoms with Crippen molar-refractivity contribution in [3.8, 4) is 0 Å². The molecule has 26 heavy (non-hydrogen) atoms. The van der Waals surface area contributed by atoms with Crippen LogP contribution < -0.4 is 10.6 Å². The van der Waals surface area contributed by atoms with E-state index in [1.54, 1.807) is 36.5 Å². The topological polar surface area (TPSA) is 108 Å². The van der Waals surface area contributed by atoms with Crippen molar-refractivity contribution in [2.24, 2.45) is 5.92 Å². The van der Waals surface area contributed by atoms with Gasteiger partial charge in [-0.25, -0.2) is 4.79 Å². The van der Waals surface area contributed by atoms with Crippen LogP contribution in [0.3, 0.4) is 0 Å². The molecule has 134 valence electrons. The lowest BCUT2D eigenvalue weighted by Crippen LogP contribution is -2.41. The Morgan fingerprint density at radius 3 is 2.54 bits per heavy atom. The van der Waals surface area contributed by atoms with Crippen LogP contribution in [0.25, 0.3) is 0 Å². The van der Waals surface area contributed by atoms with Crippen LogP contribution in [0.2, 0.25) is 0 Å². The second kappa shape index (κ2) is 7.77. The summed E-state index contributed by atoms with van der Waals surface area (Å²) in [6.07, 6.45) is 5.48. The Hall–Kier alpha value is -3.22. The van der Waals surface area contributed by atoms with Gasteiger partial charge in [-0.3, -0.25) is 14.6 Å². The number of hydrogen-bond acceptors (Lipinski definition) is 4. The van der Waals surface area contributed by atoms with E-state index >= 15 is 0 Å². The number of rotatable bonds is 7. The molecule has 0 radical (unpaired) electrons. The lowest BCUT2D eigenvalue weighted by atomic mass is 10.1. The standard InChI is InChI=1S/C19H19N3O4/c23-17(22-16(19(25)26)9-12-6-7-12)13-3-1-5-15(10-13)21-18(24)14-4-2-8-20-11-14/h1-5,8,10-12,16H,6-7,9H2,(H,21,24)(H,22,23)(H,25,26). The molecule has 1 heterocycles. The van der Waals surface area contributed by atoms with Crippen LogP contribution in [0.15, 0.2) is 48.8 Å². The van der Waals surface area contributed by atoms with Gasteiger partial charge in [0, 0.05) is 23.6 Å². The normalized spacial score (nSPS) is 14.3. The van der Waals surface area contributed by atoms with Crippen LogP contribution in [0.4, 0.5) is 5.69 Å². The molecule has 0 saturated heterocycles. The van der Waals surface area contributed by atoms with Crippen molar-refractivity contribution in [2.45, 2.75) is 25.3 Å². The molecule has 3 N–H and O–H groups in total. The molecule has 7 heteroatoms.